The van der Waals surface area contributed by atoms with E-state index in [0.29, 0.717) is 25.2 Å². The van der Waals surface area contributed by atoms with Crippen LogP contribution in [-0.4, -0.2) is 50.3 Å². The summed E-state index contributed by atoms with van der Waals surface area (Å²) in [5.41, 5.74) is 0.684. The van der Waals surface area contributed by atoms with Gasteiger partial charge in [0.25, 0.3) is 5.91 Å². The number of hydrogen-bond acceptors (Lipinski definition) is 3. The Hall–Kier alpha value is -1.44. The molecule has 1 aliphatic heterocycles. The summed E-state index contributed by atoms with van der Waals surface area (Å²) in [7, 11) is -3.47. The molecule has 2 rings (SSSR count). The Morgan fingerprint density at radius 1 is 1.07 bits per heavy atom. The number of nitrogens with zero attached hydrogens (tertiary/aromatic N) is 1. The van der Waals surface area contributed by atoms with E-state index < -0.39 is 10.0 Å². The Bertz CT molecular complexity index is 701. The number of quaternary nitrogens is 1. The minimum atomic E-state index is -3.47. The molecule has 0 aliphatic carbocycles. The fraction of sp³-hybridized carbons (Fsp3) is 0.650. The zero-order valence-corrected chi connectivity index (χ0v) is 17.6. The number of amides is 1. The lowest BCUT2D eigenvalue weighted by atomic mass is 10.1. The highest BCUT2D eigenvalue weighted by atomic mass is 32.2. The van der Waals surface area contributed by atoms with Gasteiger partial charge < -0.3 is 10.6 Å². The quantitative estimate of drug-likeness (QED) is 0.689. The third-order valence-electron chi connectivity index (χ3n) is 4.74. The summed E-state index contributed by atoms with van der Waals surface area (Å²) in [5, 5.41) is 5.15. The van der Waals surface area contributed by atoms with Gasteiger partial charge in [0.1, 0.15) is 0 Å². The van der Waals surface area contributed by atoms with Crippen LogP contribution < -0.4 is 10.6 Å². The predicted octanol–water partition coefficient (Wildman–Crippen LogP) is 1.73. The third kappa shape index (κ3) is 6.90. The standard InChI is InChI=1S/C20H33N3O3S/c1-20(2,3)22-14-8-13-21-19(24)17-9-11-18(12-10-17)27(25,26)23-15-6-4-5-7-16-23/h9-12,22H,4-8,13-16H2,1-3H3,(H,21,24)/p+1. The number of benzene rings is 1. The van der Waals surface area contributed by atoms with E-state index in [4.69, 9.17) is 0 Å². The van der Waals surface area contributed by atoms with Crippen LogP contribution in [0.3, 0.4) is 0 Å². The van der Waals surface area contributed by atoms with Gasteiger partial charge in [-0.25, -0.2) is 8.42 Å². The lowest BCUT2D eigenvalue weighted by Gasteiger charge is -2.20. The molecular weight excluding hydrogens is 362 g/mol. The van der Waals surface area contributed by atoms with Gasteiger partial charge in [-0.05, 0) is 57.9 Å². The van der Waals surface area contributed by atoms with Gasteiger partial charge in [-0.2, -0.15) is 4.31 Å². The topological polar surface area (TPSA) is 83.1 Å². The molecule has 0 atom stereocenters. The lowest BCUT2D eigenvalue weighted by molar-refractivity contribution is -0.717. The molecule has 6 nitrogen and oxygen atoms in total. The molecule has 1 aliphatic rings. The van der Waals surface area contributed by atoms with E-state index in [1.807, 2.05) is 0 Å². The molecule has 0 spiro atoms. The van der Waals surface area contributed by atoms with Crippen molar-refractivity contribution in [3.8, 4) is 0 Å². The van der Waals surface area contributed by atoms with Gasteiger partial charge in [0, 0.05) is 31.6 Å². The lowest BCUT2D eigenvalue weighted by Crippen LogP contribution is -2.94. The molecule has 152 valence electrons. The molecule has 1 amide bonds. The van der Waals surface area contributed by atoms with E-state index in [-0.39, 0.29) is 16.3 Å². The molecule has 1 fully saturated rings. The van der Waals surface area contributed by atoms with Crippen molar-refractivity contribution >= 4 is 15.9 Å². The fourth-order valence-electron chi connectivity index (χ4n) is 3.15. The second kappa shape index (κ2) is 9.66. The molecule has 7 heteroatoms. The molecule has 1 aromatic rings. The number of carbonyl (C=O) groups excluding carboxylic acids is 1. The molecule has 3 N–H and O–H groups in total. The van der Waals surface area contributed by atoms with Crippen LogP contribution in [0.5, 0.6) is 0 Å². The van der Waals surface area contributed by atoms with Crippen LogP contribution in [0, 0.1) is 0 Å². The molecule has 1 saturated heterocycles. The minimum absolute atomic E-state index is 0.163. The Labute approximate surface area is 163 Å². The average molecular weight is 397 g/mol. The molecule has 0 radical (unpaired) electrons. The molecule has 0 saturated carbocycles. The normalized spacial score (nSPS) is 16.7. The Morgan fingerprint density at radius 3 is 2.22 bits per heavy atom. The summed E-state index contributed by atoms with van der Waals surface area (Å²) < 4.78 is 27.1. The van der Waals surface area contributed by atoms with Gasteiger partial charge in [0.2, 0.25) is 10.0 Å². The highest BCUT2D eigenvalue weighted by Gasteiger charge is 2.25. The van der Waals surface area contributed by atoms with E-state index in [0.717, 1.165) is 38.6 Å². The van der Waals surface area contributed by atoms with E-state index in [9.17, 15) is 13.2 Å². The first-order chi connectivity index (χ1) is 12.7. The number of rotatable bonds is 7. The van der Waals surface area contributed by atoms with Gasteiger partial charge >= 0.3 is 0 Å². The molecule has 27 heavy (non-hydrogen) atoms. The van der Waals surface area contributed by atoms with Crippen molar-refractivity contribution in [1.82, 2.24) is 9.62 Å². The van der Waals surface area contributed by atoms with Crippen molar-refractivity contribution in [2.75, 3.05) is 26.2 Å². The number of hydrogen-bond donors (Lipinski definition) is 2. The van der Waals surface area contributed by atoms with Crippen LogP contribution in [0.2, 0.25) is 0 Å². The largest absolute Gasteiger partial charge is 0.352 e. The maximum absolute atomic E-state index is 12.8. The number of carbonyl (C=O) groups is 1. The van der Waals surface area contributed by atoms with Crippen molar-refractivity contribution in [2.45, 2.75) is 63.3 Å². The first-order valence-electron chi connectivity index (χ1n) is 9.93. The summed E-state index contributed by atoms with van der Waals surface area (Å²) in [5.74, 6) is -0.163. The maximum Gasteiger partial charge on any atom is 0.251 e. The van der Waals surface area contributed by atoms with Crippen molar-refractivity contribution in [2.24, 2.45) is 0 Å². The van der Waals surface area contributed by atoms with Crippen LogP contribution in [-0.2, 0) is 10.0 Å². The van der Waals surface area contributed by atoms with Gasteiger partial charge in [0.15, 0.2) is 0 Å². The first kappa shape index (κ1) is 21.9. The maximum atomic E-state index is 12.8. The van der Waals surface area contributed by atoms with Crippen LogP contribution in [0.4, 0.5) is 0 Å². The van der Waals surface area contributed by atoms with E-state index in [1.165, 1.54) is 0 Å². The van der Waals surface area contributed by atoms with E-state index in [2.05, 4.69) is 31.4 Å². The van der Waals surface area contributed by atoms with Crippen molar-refractivity contribution in [3.63, 3.8) is 0 Å². The zero-order valence-electron chi connectivity index (χ0n) is 16.8. The summed E-state index contributed by atoms with van der Waals surface area (Å²) >= 11 is 0. The second-order valence-corrected chi connectivity index (χ2v) is 10.2. The van der Waals surface area contributed by atoms with Gasteiger partial charge in [0.05, 0.1) is 17.0 Å². The van der Waals surface area contributed by atoms with E-state index in [1.54, 1.807) is 28.6 Å². The molecule has 0 unspecified atom stereocenters. The molecule has 0 bridgehead atoms. The Balaban J connectivity index is 1.89. The Morgan fingerprint density at radius 2 is 1.67 bits per heavy atom. The summed E-state index contributed by atoms with van der Waals surface area (Å²) in [6.45, 7) is 9.20. The van der Waals surface area contributed by atoms with Gasteiger partial charge in [-0.15, -0.1) is 0 Å². The fourth-order valence-corrected chi connectivity index (χ4v) is 4.67. The molecule has 1 heterocycles. The average Bonchev–Trinajstić information content (AvgIpc) is 2.90. The first-order valence-corrected chi connectivity index (χ1v) is 11.4. The van der Waals surface area contributed by atoms with Crippen molar-refractivity contribution in [3.05, 3.63) is 29.8 Å². The van der Waals surface area contributed by atoms with Gasteiger partial charge in [-0.1, -0.05) is 12.8 Å². The van der Waals surface area contributed by atoms with Crippen LogP contribution in [0.1, 0.15) is 63.2 Å². The molecular formula is C20H34N3O3S+. The van der Waals surface area contributed by atoms with Crippen molar-refractivity contribution < 1.29 is 18.5 Å². The van der Waals surface area contributed by atoms with E-state index >= 15 is 0 Å². The van der Waals surface area contributed by atoms with Crippen LogP contribution >= 0.6 is 0 Å². The highest BCUT2D eigenvalue weighted by Crippen LogP contribution is 2.20. The smallest absolute Gasteiger partial charge is 0.251 e. The third-order valence-corrected chi connectivity index (χ3v) is 6.66. The highest BCUT2D eigenvalue weighted by molar-refractivity contribution is 7.89. The molecule has 1 aromatic carbocycles. The monoisotopic (exact) mass is 396 g/mol. The van der Waals surface area contributed by atoms with Gasteiger partial charge in [-0.3, -0.25) is 4.79 Å². The SMILES string of the molecule is CC(C)(C)[NH2+]CCCNC(=O)c1ccc(S(=O)(=O)N2CCCCCC2)cc1. The predicted molar refractivity (Wildman–Crippen MR) is 107 cm³/mol. The Kier molecular flexibility index (Phi) is 7.82. The van der Waals surface area contributed by atoms with Crippen molar-refractivity contribution in [1.29, 1.82) is 0 Å². The van der Waals surface area contributed by atoms with Crippen LogP contribution in [0.25, 0.3) is 0 Å². The molecule has 0 aromatic heterocycles. The summed E-state index contributed by atoms with van der Waals surface area (Å²) in [4.78, 5) is 12.5. The number of nitrogens with two attached hydrogens (primary N) is 1. The minimum Gasteiger partial charge on any atom is -0.352 e. The zero-order chi connectivity index (χ0) is 19.9. The number of nitrogens with one attached hydrogen (secondary N) is 1. The summed E-state index contributed by atoms with van der Waals surface area (Å²) in [6, 6.07) is 6.29. The number of sulfonamides is 1. The summed E-state index contributed by atoms with van der Waals surface area (Å²) in [6.07, 6.45) is 4.88. The van der Waals surface area contributed by atoms with Crippen LogP contribution in [0.15, 0.2) is 29.2 Å². The second-order valence-electron chi connectivity index (χ2n) is 8.31.